The Bertz CT molecular complexity index is 849. The van der Waals surface area contributed by atoms with Crippen molar-refractivity contribution in [1.82, 2.24) is 20.6 Å². The van der Waals surface area contributed by atoms with Crippen molar-refractivity contribution in [3.8, 4) is 0 Å². The standard InChI is InChI=1S/C21H30F3N5S/c1-13(2)18(14-10-25-11-14)28-15-4-3-6-29(7-5-15)19-17-8-16(9-21(22,23)24)30-20(17)27-12-26-19/h8,12-15,18,25,28H,3-7,9-11H2,1-2H3/t15-,18-/m1/s1. The Morgan fingerprint density at radius 3 is 2.70 bits per heavy atom. The molecular formula is C21H30F3N5S. The summed E-state index contributed by atoms with van der Waals surface area (Å²) in [6.07, 6.45) is -0.489. The molecule has 0 saturated carbocycles. The Morgan fingerprint density at radius 1 is 1.23 bits per heavy atom. The maximum absolute atomic E-state index is 12.8. The number of nitrogens with zero attached hydrogens (tertiary/aromatic N) is 3. The van der Waals surface area contributed by atoms with Gasteiger partial charge in [-0.3, -0.25) is 0 Å². The van der Waals surface area contributed by atoms with Crippen LogP contribution in [0.1, 0.15) is 38.0 Å². The molecule has 166 valence electrons. The number of nitrogens with one attached hydrogen (secondary N) is 2. The lowest BCUT2D eigenvalue weighted by atomic mass is 9.85. The van der Waals surface area contributed by atoms with Crippen LogP contribution in [0.2, 0.25) is 0 Å². The number of thiophene rings is 1. The fourth-order valence-electron chi connectivity index (χ4n) is 4.61. The Balaban J connectivity index is 1.45. The van der Waals surface area contributed by atoms with Crippen molar-refractivity contribution in [3.05, 3.63) is 17.3 Å². The molecule has 2 aromatic heterocycles. The highest BCUT2D eigenvalue weighted by Gasteiger charge is 2.32. The third-order valence-electron chi connectivity index (χ3n) is 6.23. The third-order valence-corrected chi connectivity index (χ3v) is 7.27. The third kappa shape index (κ3) is 5.06. The molecule has 4 heterocycles. The van der Waals surface area contributed by atoms with E-state index in [1.807, 2.05) is 0 Å². The number of anilines is 1. The predicted molar refractivity (Wildman–Crippen MR) is 115 cm³/mol. The summed E-state index contributed by atoms with van der Waals surface area (Å²) in [5, 5.41) is 8.03. The first-order valence-corrected chi connectivity index (χ1v) is 11.6. The number of halogens is 3. The Kier molecular flexibility index (Phi) is 6.50. The molecule has 9 heteroatoms. The second-order valence-corrected chi connectivity index (χ2v) is 10.0. The van der Waals surface area contributed by atoms with Crippen LogP contribution in [0, 0.1) is 11.8 Å². The normalized spacial score (nSPS) is 22.3. The smallest absolute Gasteiger partial charge is 0.356 e. The Hall–Kier alpha value is -1.45. The SMILES string of the molecule is CC(C)[C@@H](N[C@@H]1CCCN(c2ncnc3sc(CC(F)(F)F)cc23)CC1)C1CNC1. The number of alkyl halides is 3. The van der Waals surface area contributed by atoms with E-state index in [1.165, 1.54) is 6.33 Å². The molecule has 0 amide bonds. The van der Waals surface area contributed by atoms with Crippen LogP contribution in [0.25, 0.3) is 10.2 Å². The maximum atomic E-state index is 12.8. The summed E-state index contributed by atoms with van der Waals surface area (Å²) in [5.41, 5.74) is 0. The van der Waals surface area contributed by atoms with Gasteiger partial charge in [0.05, 0.1) is 11.8 Å². The minimum atomic E-state index is -4.21. The molecular weight excluding hydrogens is 411 g/mol. The maximum Gasteiger partial charge on any atom is 0.393 e. The molecule has 0 radical (unpaired) electrons. The summed E-state index contributed by atoms with van der Waals surface area (Å²) < 4.78 is 38.5. The van der Waals surface area contributed by atoms with E-state index in [9.17, 15) is 13.2 Å². The highest BCUT2D eigenvalue weighted by Crippen LogP contribution is 2.34. The molecule has 2 aliphatic rings. The quantitative estimate of drug-likeness (QED) is 0.710. The fourth-order valence-corrected chi connectivity index (χ4v) is 5.64. The van der Waals surface area contributed by atoms with Gasteiger partial charge in [-0.1, -0.05) is 13.8 Å². The molecule has 2 aliphatic heterocycles. The van der Waals surface area contributed by atoms with Crippen LogP contribution in [0.15, 0.2) is 12.4 Å². The number of hydrogen-bond donors (Lipinski definition) is 2. The van der Waals surface area contributed by atoms with Gasteiger partial charge in [0.2, 0.25) is 0 Å². The van der Waals surface area contributed by atoms with Gasteiger partial charge in [0.25, 0.3) is 0 Å². The van der Waals surface area contributed by atoms with Crippen LogP contribution < -0.4 is 15.5 Å². The lowest BCUT2D eigenvalue weighted by Crippen LogP contribution is -2.57. The van der Waals surface area contributed by atoms with Gasteiger partial charge in [-0.15, -0.1) is 11.3 Å². The van der Waals surface area contributed by atoms with Crippen LogP contribution >= 0.6 is 11.3 Å². The van der Waals surface area contributed by atoms with Crippen LogP contribution in [-0.4, -0.2) is 54.4 Å². The second-order valence-electron chi connectivity index (χ2n) is 8.89. The van der Waals surface area contributed by atoms with Crippen molar-refractivity contribution in [2.45, 2.75) is 57.8 Å². The molecule has 2 aromatic rings. The monoisotopic (exact) mass is 441 g/mol. The molecule has 0 aromatic carbocycles. The summed E-state index contributed by atoms with van der Waals surface area (Å²) in [4.78, 5) is 11.8. The Labute approximate surface area is 179 Å². The minimum Gasteiger partial charge on any atom is -0.356 e. The van der Waals surface area contributed by atoms with Crippen LogP contribution in [0.5, 0.6) is 0 Å². The van der Waals surface area contributed by atoms with E-state index in [-0.39, 0.29) is 0 Å². The lowest BCUT2D eigenvalue weighted by molar-refractivity contribution is -0.126. The molecule has 2 N–H and O–H groups in total. The van der Waals surface area contributed by atoms with E-state index < -0.39 is 12.6 Å². The first kappa shape index (κ1) is 21.8. The molecule has 0 spiro atoms. The van der Waals surface area contributed by atoms with Crippen molar-refractivity contribution in [3.63, 3.8) is 0 Å². The van der Waals surface area contributed by atoms with E-state index in [1.54, 1.807) is 6.07 Å². The van der Waals surface area contributed by atoms with Gasteiger partial charge < -0.3 is 15.5 Å². The summed E-state index contributed by atoms with van der Waals surface area (Å²) in [7, 11) is 0. The van der Waals surface area contributed by atoms with E-state index in [0.29, 0.717) is 33.6 Å². The molecule has 0 unspecified atom stereocenters. The fraction of sp³-hybridized carbons (Fsp3) is 0.714. The van der Waals surface area contributed by atoms with Gasteiger partial charge in [-0.05, 0) is 37.2 Å². The van der Waals surface area contributed by atoms with Crippen molar-refractivity contribution in [1.29, 1.82) is 0 Å². The summed E-state index contributed by atoms with van der Waals surface area (Å²) in [6.45, 7) is 8.46. The van der Waals surface area contributed by atoms with Gasteiger partial charge in [-0.2, -0.15) is 13.2 Å². The number of hydrogen-bond acceptors (Lipinski definition) is 6. The second kappa shape index (κ2) is 8.96. The first-order chi connectivity index (χ1) is 14.3. The Morgan fingerprint density at radius 2 is 2.03 bits per heavy atom. The zero-order valence-electron chi connectivity index (χ0n) is 17.5. The highest BCUT2D eigenvalue weighted by atomic mass is 32.1. The molecule has 2 atom stereocenters. The van der Waals surface area contributed by atoms with Crippen LogP contribution in [0.3, 0.4) is 0 Å². The summed E-state index contributed by atoms with van der Waals surface area (Å²) in [5.74, 6) is 2.06. The highest BCUT2D eigenvalue weighted by molar-refractivity contribution is 7.18. The molecule has 2 fully saturated rings. The number of rotatable bonds is 6. The van der Waals surface area contributed by atoms with Crippen molar-refractivity contribution >= 4 is 27.4 Å². The van der Waals surface area contributed by atoms with Gasteiger partial charge >= 0.3 is 6.18 Å². The van der Waals surface area contributed by atoms with Crippen LogP contribution in [0.4, 0.5) is 19.0 Å². The van der Waals surface area contributed by atoms with Gasteiger partial charge in [0.1, 0.15) is 17.0 Å². The van der Waals surface area contributed by atoms with Gasteiger partial charge in [0.15, 0.2) is 0 Å². The average molecular weight is 442 g/mol. The number of fused-ring (bicyclic) bond motifs is 1. The lowest BCUT2D eigenvalue weighted by Gasteiger charge is -2.39. The zero-order valence-corrected chi connectivity index (χ0v) is 18.3. The summed E-state index contributed by atoms with van der Waals surface area (Å²) in [6, 6.07) is 2.61. The molecule has 4 rings (SSSR count). The van der Waals surface area contributed by atoms with Gasteiger partial charge in [-0.25, -0.2) is 9.97 Å². The number of aromatic nitrogens is 2. The topological polar surface area (TPSA) is 53.1 Å². The average Bonchev–Trinajstić information content (AvgIpc) is 2.87. The largest absolute Gasteiger partial charge is 0.393 e. The van der Waals surface area contributed by atoms with Gasteiger partial charge in [0, 0.05) is 43.1 Å². The van der Waals surface area contributed by atoms with E-state index >= 15 is 0 Å². The van der Waals surface area contributed by atoms with E-state index in [0.717, 1.165) is 68.0 Å². The minimum absolute atomic E-state index is 0.294. The molecule has 2 saturated heterocycles. The predicted octanol–water partition coefficient (Wildman–Crippen LogP) is 3.99. The molecule has 5 nitrogen and oxygen atoms in total. The van der Waals surface area contributed by atoms with E-state index in [2.05, 4.69) is 39.3 Å². The summed E-state index contributed by atoms with van der Waals surface area (Å²) >= 11 is 1.12. The zero-order chi connectivity index (χ0) is 21.3. The molecule has 30 heavy (non-hydrogen) atoms. The van der Waals surface area contributed by atoms with Crippen molar-refractivity contribution in [2.24, 2.45) is 11.8 Å². The van der Waals surface area contributed by atoms with E-state index in [4.69, 9.17) is 0 Å². The first-order valence-electron chi connectivity index (χ1n) is 10.8. The molecule has 0 bridgehead atoms. The van der Waals surface area contributed by atoms with Crippen LogP contribution in [-0.2, 0) is 6.42 Å². The van der Waals surface area contributed by atoms with Crippen molar-refractivity contribution in [2.75, 3.05) is 31.1 Å². The van der Waals surface area contributed by atoms with Crippen molar-refractivity contribution < 1.29 is 13.2 Å². The molecule has 0 aliphatic carbocycles.